The Kier molecular flexibility index (Phi) is 7.26. The molecule has 0 saturated heterocycles. The van der Waals surface area contributed by atoms with Crippen LogP contribution in [0.2, 0.25) is 5.02 Å². The minimum atomic E-state index is -3.69. The predicted octanol–water partition coefficient (Wildman–Crippen LogP) is 4.52. The lowest BCUT2D eigenvalue weighted by molar-refractivity contribution is 0.0672. The van der Waals surface area contributed by atoms with E-state index in [1.807, 2.05) is 19.9 Å². The number of halogens is 1. The van der Waals surface area contributed by atoms with Crippen LogP contribution < -0.4 is 4.72 Å². The molecule has 1 aromatic heterocycles. The molecule has 0 saturated carbocycles. The number of sulfonamides is 1. The summed E-state index contributed by atoms with van der Waals surface area (Å²) < 4.78 is 33.4. The van der Waals surface area contributed by atoms with Gasteiger partial charge < -0.3 is 9.32 Å². The van der Waals surface area contributed by atoms with Crippen molar-refractivity contribution < 1.29 is 17.6 Å². The first-order chi connectivity index (χ1) is 15.4. The van der Waals surface area contributed by atoms with Gasteiger partial charge in [0.25, 0.3) is 5.91 Å². The summed E-state index contributed by atoms with van der Waals surface area (Å²) in [7, 11) is -3.69. The van der Waals surface area contributed by atoms with Crippen molar-refractivity contribution in [2.75, 3.05) is 0 Å². The highest BCUT2D eigenvalue weighted by Crippen LogP contribution is 2.27. The SMILES string of the molecule is CC(C)N(Cc1nnc(-c2ccccc2Cl)o1)C(=O)c1ccc(S(=O)(=O)NC(C)(C)C)cc1. The van der Waals surface area contributed by atoms with Crippen LogP contribution in [-0.2, 0) is 16.6 Å². The second-order valence-electron chi connectivity index (χ2n) is 8.89. The van der Waals surface area contributed by atoms with Crippen molar-refractivity contribution in [1.82, 2.24) is 19.8 Å². The fourth-order valence-electron chi connectivity index (χ4n) is 3.10. The number of hydrogen-bond donors (Lipinski definition) is 1. The van der Waals surface area contributed by atoms with E-state index in [4.69, 9.17) is 16.0 Å². The van der Waals surface area contributed by atoms with E-state index >= 15 is 0 Å². The van der Waals surface area contributed by atoms with E-state index in [2.05, 4.69) is 14.9 Å². The molecule has 0 fully saturated rings. The van der Waals surface area contributed by atoms with E-state index in [0.717, 1.165) is 0 Å². The molecule has 0 aliphatic heterocycles. The summed E-state index contributed by atoms with van der Waals surface area (Å²) in [4.78, 5) is 14.8. The van der Waals surface area contributed by atoms with Gasteiger partial charge >= 0.3 is 0 Å². The number of nitrogens with zero attached hydrogens (tertiary/aromatic N) is 3. The van der Waals surface area contributed by atoms with Gasteiger partial charge in [-0.3, -0.25) is 4.79 Å². The van der Waals surface area contributed by atoms with Crippen molar-refractivity contribution in [3.05, 3.63) is 65.0 Å². The van der Waals surface area contributed by atoms with Crippen molar-refractivity contribution in [1.29, 1.82) is 0 Å². The molecule has 1 amide bonds. The van der Waals surface area contributed by atoms with Crippen LogP contribution in [-0.4, -0.2) is 41.0 Å². The summed E-state index contributed by atoms with van der Waals surface area (Å²) in [5.74, 6) is 0.253. The van der Waals surface area contributed by atoms with Gasteiger partial charge in [-0.05, 0) is 71.0 Å². The molecule has 0 bridgehead atoms. The van der Waals surface area contributed by atoms with E-state index in [1.165, 1.54) is 24.3 Å². The fourth-order valence-corrected chi connectivity index (χ4v) is 4.74. The molecule has 0 unspecified atom stereocenters. The lowest BCUT2D eigenvalue weighted by Gasteiger charge is -2.25. The zero-order chi connectivity index (χ0) is 24.4. The first-order valence-electron chi connectivity index (χ1n) is 10.4. The van der Waals surface area contributed by atoms with Crippen LogP contribution in [0.3, 0.4) is 0 Å². The number of aromatic nitrogens is 2. The van der Waals surface area contributed by atoms with Crippen LogP contribution in [0, 0.1) is 0 Å². The quantitative estimate of drug-likeness (QED) is 0.522. The number of hydrogen-bond acceptors (Lipinski definition) is 6. The summed E-state index contributed by atoms with van der Waals surface area (Å²) in [6.45, 7) is 9.12. The molecule has 8 nitrogen and oxygen atoms in total. The fraction of sp³-hybridized carbons (Fsp3) is 0.348. The lowest BCUT2D eigenvalue weighted by Crippen LogP contribution is -2.40. The molecule has 2 aromatic carbocycles. The summed E-state index contributed by atoms with van der Waals surface area (Å²) >= 11 is 6.20. The molecule has 33 heavy (non-hydrogen) atoms. The third-order valence-electron chi connectivity index (χ3n) is 4.61. The maximum Gasteiger partial charge on any atom is 0.254 e. The van der Waals surface area contributed by atoms with Gasteiger partial charge in [0.15, 0.2) is 0 Å². The van der Waals surface area contributed by atoms with Crippen molar-refractivity contribution in [3.8, 4) is 11.5 Å². The van der Waals surface area contributed by atoms with Gasteiger partial charge in [-0.25, -0.2) is 13.1 Å². The maximum atomic E-state index is 13.2. The zero-order valence-corrected chi connectivity index (χ0v) is 20.7. The van der Waals surface area contributed by atoms with Crippen LogP contribution in [0.4, 0.5) is 0 Å². The van der Waals surface area contributed by atoms with Crippen LogP contribution in [0.25, 0.3) is 11.5 Å². The van der Waals surface area contributed by atoms with Gasteiger partial charge in [0.2, 0.25) is 21.8 Å². The van der Waals surface area contributed by atoms with E-state index in [0.29, 0.717) is 16.1 Å². The highest BCUT2D eigenvalue weighted by Gasteiger charge is 2.25. The minimum absolute atomic E-state index is 0.0892. The second kappa shape index (κ2) is 9.62. The van der Waals surface area contributed by atoms with Gasteiger partial charge in [-0.15, -0.1) is 10.2 Å². The normalized spacial score (nSPS) is 12.2. The maximum absolute atomic E-state index is 13.2. The molecular formula is C23H27ClN4O4S. The van der Waals surface area contributed by atoms with Gasteiger partial charge in [0, 0.05) is 17.1 Å². The van der Waals surface area contributed by atoms with E-state index in [1.54, 1.807) is 43.9 Å². The second-order valence-corrected chi connectivity index (χ2v) is 11.0. The number of amides is 1. The van der Waals surface area contributed by atoms with Gasteiger partial charge in [-0.2, -0.15) is 0 Å². The predicted molar refractivity (Wildman–Crippen MR) is 126 cm³/mol. The van der Waals surface area contributed by atoms with Crippen LogP contribution in [0.5, 0.6) is 0 Å². The molecule has 0 atom stereocenters. The van der Waals surface area contributed by atoms with Crippen molar-refractivity contribution in [3.63, 3.8) is 0 Å². The average Bonchev–Trinajstić information content (AvgIpc) is 3.18. The van der Waals surface area contributed by atoms with Crippen LogP contribution in [0.15, 0.2) is 57.8 Å². The lowest BCUT2D eigenvalue weighted by atomic mass is 10.1. The standard InChI is InChI=1S/C23H27ClN4O4S/c1-15(2)28(14-20-25-26-21(32-20)18-8-6-7-9-19(18)24)22(29)16-10-12-17(13-11-16)33(30,31)27-23(3,4)5/h6-13,15,27H,14H2,1-5H3. The van der Waals surface area contributed by atoms with Crippen molar-refractivity contribution in [2.45, 2.75) is 57.6 Å². The molecular weight excluding hydrogens is 464 g/mol. The van der Waals surface area contributed by atoms with Gasteiger partial charge in [0.1, 0.15) is 0 Å². The molecule has 176 valence electrons. The van der Waals surface area contributed by atoms with E-state index in [9.17, 15) is 13.2 Å². The Labute approximate surface area is 199 Å². The first kappa shape index (κ1) is 24.9. The molecule has 3 aromatic rings. The summed E-state index contributed by atoms with van der Waals surface area (Å²) in [6, 6.07) is 12.8. The third-order valence-corrected chi connectivity index (χ3v) is 6.72. The third kappa shape index (κ3) is 6.19. The summed E-state index contributed by atoms with van der Waals surface area (Å²) in [5.41, 5.74) is 0.347. The highest BCUT2D eigenvalue weighted by atomic mass is 35.5. The van der Waals surface area contributed by atoms with E-state index in [-0.39, 0.29) is 35.2 Å². The van der Waals surface area contributed by atoms with Gasteiger partial charge in [-0.1, -0.05) is 23.7 Å². The Bertz CT molecular complexity index is 1230. The topological polar surface area (TPSA) is 105 Å². The Balaban J connectivity index is 1.79. The smallest absolute Gasteiger partial charge is 0.254 e. The monoisotopic (exact) mass is 490 g/mol. The van der Waals surface area contributed by atoms with Gasteiger partial charge in [0.05, 0.1) is 22.0 Å². The average molecular weight is 491 g/mol. The molecule has 0 radical (unpaired) electrons. The number of benzene rings is 2. The summed E-state index contributed by atoms with van der Waals surface area (Å²) in [6.07, 6.45) is 0. The largest absolute Gasteiger partial charge is 0.419 e. The molecule has 0 spiro atoms. The number of carbonyl (C=O) groups excluding carboxylic acids is 1. The van der Waals surface area contributed by atoms with Crippen LogP contribution in [0.1, 0.15) is 50.9 Å². The zero-order valence-electron chi connectivity index (χ0n) is 19.2. The summed E-state index contributed by atoms with van der Waals surface area (Å²) in [5, 5.41) is 8.59. The first-order valence-corrected chi connectivity index (χ1v) is 12.3. The molecule has 10 heteroatoms. The Morgan fingerprint density at radius 3 is 2.30 bits per heavy atom. The molecule has 0 aliphatic carbocycles. The van der Waals surface area contributed by atoms with Crippen molar-refractivity contribution in [2.24, 2.45) is 0 Å². The van der Waals surface area contributed by atoms with Crippen LogP contribution >= 0.6 is 11.6 Å². The number of carbonyl (C=O) groups is 1. The molecule has 3 rings (SSSR count). The molecule has 1 heterocycles. The number of rotatable bonds is 7. The minimum Gasteiger partial charge on any atom is -0.419 e. The number of nitrogens with one attached hydrogen (secondary N) is 1. The Hall–Kier alpha value is -2.75. The Morgan fingerprint density at radius 2 is 1.73 bits per heavy atom. The molecule has 0 aliphatic rings. The highest BCUT2D eigenvalue weighted by molar-refractivity contribution is 7.89. The van der Waals surface area contributed by atoms with Crippen molar-refractivity contribution >= 4 is 27.5 Å². The Morgan fingerprint density at radius 1 is 1.09 bits per heavy atom. The molecule has 1 N–H and O–H groups in total. The van der Waals surface area contributed by atoms with E-state index < -0.39 is 15.6 Å².